The van der Waals surface area contributed by atoms with Crippen molar-refractivity contribution in [2.75, 3.05) is 26.2 Å². The topological polar surface area (TPSA) is 56.3 Å². The first kappa shape index (κ1) is 13.9. The maximum absolute atomic E-state index is 9.03. The molecule has 0 bridgehead atoms. The highest BCUT2D eigenvalue weighted by Gasteiger charge is 2.20. The lowest BCUT2D eigenvalue weighted by Crippen LogP contribution is -2.48. The Morgan fingerprint density at radius 1 is 1.29 bits per heavy atom. The SMILES string of the molecule is CC(=C(C#N)C(N)=S)N1CCN(C(C)C)CC1. The van der Waals surface area contributed by atoms with Crippen LogP contribution in [0.5, 0.6) is 0 Å². The van der Waals surface area contributed by atoms with Crippen LogP contribution in [0.4, 0.5) is 0 Å². The molecule has 1 aliphatic heterocycles. The smallest absolute Gasteiger partial charge is 0.116 e. The van der Waals surface area contributed by atoms with Crippen molar-refractivity contribution in [1.29, 1.82) is 5.26 Å². The Hall–Kier alpha value is -1.12. The summed E-state index contributed by atoms with van der Waals surface area (Å²) in [5.74, 6) is 0. The molecule has 1 saturated heterocycles. The quantitative estimate of drug-likeness (QED) is 0.463. The summed E-state index contributed by atoms with van der Waals surface area (Å²) < 4.78 is 0. The number of rotatable bonds is 3. The first-order valence-corrected chi connectivity index (χ1v) is 6.28. The van der Waals surface area contributed by atoms with Gasteiger partial charge in [0.15, 0.2) is 0 Å². The molecular weight excluding hydrogens is 232 g/mol. The van der Waals surface area contributed by atoms with Crippen LogP contribution in [0.25, 0.3) is 0 Å². The lowest BCUT2D eigenvalue weighted by atomic mass is 10.2. The number of hydrogen-bond acceptors (Lipinski definition) is 4. The van der Waals surface area contributed by atoms with Gasteiger partial charge in [0.1, 0.15) is 16.6 Å². The predicted octanol–water partition coefficient (Wildman–Crippen LogP) is 1.10. The molecule has 4 nitrogen and oxygen atoms in total. The molecular formula is C12H20N4S. The Morgan fingerprint density at radius 3 is 2.18 bits per heavy atom. The second-order valence-electron chi connectivity index (χ2n) is 4.55. The minimum atomic E-state index is 0.191. The zero-order chi connectivity index (χ0) is 13.0. The fourth-order valence-electron chi connectivity index (χ4n) is 2.05. The molecule has 0 aromatic heterocycles. The zero-order valence-electron chi connectivity index (χ0n) is 10.7. The highest BCUT2D eigenvalue weighted by molar-refractivity contribution is 7.80. The van der Waals surface area contributed by atoms with E-state index in [1.165, 1.54) is 0 Å². The van der Waals surface area contributed by atoms with Crippen LogP contribution in [0.3, 0.4) is 0 Å². The molecule has 0 saturated carbocycles. The third kappa shape index (κ3) is 3.42. The Morgan fingerprint density at radius 2 is 1.82 bits per heavy atom. The predicted molar refractivity (Wildman–Crippen MR) is 73.4 cm³/mol. The summed E-state index contributed by atoms with van der Waals surface area (Å²) in [6.07, 6.45) is 0. The summed E-state index contributed by atoms with van der Waals surface area (Å²) >= 11 is 4.89. The number of nitrogens with two attached hydrogens (primary N) is 1. The van der Waals surface area contributed by atoms with E-state index < -0.39 is 0 Å². The molecule has 1 fully saturated rings. The van der Waals surface area contributed by atoms with Crippen molar-refractivity contribution in [3.63, 3.8) is 0 Å². The van der Waals surface area contributed by atoms with Crippen molar-refractivity contribution in [3.8, 4) is 6.07 Å². The van der Waals surface area contributed by atoms with Crippen LogP contribution in [0.15, 0.2) is 11.3 Å². The number of thiocarbonyl (C=S) groups is 1. The van der Waals surface area contributed by atoms with Crippen LogP contribution >= 0.6 is 12.2 Å². The molecule has 2 N–H and O–H groups in total. The van der Waals surface area contributed by atoms with Crippen molar-refractivity contribution in [3.05, 3.63) is 11.3 Å². The fraction of sp³-hybridized carbons (Fsp3) is 0.667. The first-order valence-electron chi connectivity index (χ1n) is 5.87. The van der Waals surface area contributed by atoms with Crippen LogP contribution in [0, 0.1) is 11.3 Å². The van der Waals surface area contributed by atoms with Crippen LogP contribution in [0.2, 0.25) is 0 Å². The van der Waals surface area contributed by atoms with Gasteiger partial charge in [0.05, 0.1) is 0 Å². The minimum Gasteiger partial charge on any atom is -0.389 e. The summed E-state index contributed by atoms with van der Waals surface area (Å²) in [5, 5.41) is 9.03. The normalized spacial score (nSPS) is 18.9. The largest absolute Gasteiger partial charge is 0.389 e. The lowest BCUT2D eigenvalue weighted by molar-refractivity contribution is 0.130. The van der Waals surface area contributed by atoms with E-state index in [0.29, 0.717) is 11.6 Å². The number of nitrogens with zero attached hydrogens (tertiary/aromatic N) is 3. The van der Waals surface area contributed by atoms with E-state index in [1.807, 2.05) is 6.92 Å². The second-order valence-corrected chi connectivity index (χ2v) is 4.99. The lowest BCUT2D eigenvalue weighted by Gasteiger charge is -2.38. The monoisotopic (exact) mass is 252 g/mol. The number of allylic oxidation sites excluding steroid dienone is 1. The van der Waals surface area contributed by atoms with Gasteiger partial charge >= 0.3 is 0 Å². The van der Waals surface area contributed by atoms with Gasteiger partial charge < -0.3 is 10.6 Å². The van der Waals surface area contributed by atoms with Crippen molar-refractivity contribution in [2.45, 2.75) is 26.8 Å². The average Bonchev–Trinajstić information content (AvgIpc) is 2.29. The Labute approximate surface area is 109 Å². The summed E-state index contributed by atoms with van der Waals surface area (Å²) in [7, 11) is 0. The number of piperazine rings is 1. The third-order valence-corrected chi connectivity index (χ3v) is 3.44. The van der Waals surface area contributed by atoms with Crippen LogP contribution in [-0.4, -0.2) is 47.0 Å². The summed E-state index contributed by atoms with van der Waals surface area (Å²) in [4.78, 5) is 4.81. The van der Waals surface area contributed by atoms with Gasteiger partial charge in [0.2, 0.25) is 0 Å². The van der Waals surface area contributed by atoms with E-state index >= 15 is 0 Å². The summed E-state index contributed by atoms with van der Waals surface area (Å²) in [6, 6.07) is 2.67. The molecule has 0 radical (unpaired) electrons. The highest BCUT2D eigenvalue weighted by Crippen LogP contribution is 2.14. The fourth-order valence-corrected chi connectivity index (χ4v) is 2.24. The van der Waals surface area contributed by atoms with E-state index in [9.17, 15) is 0 Å². The van der Waals surface area contributed by atoms with Gasteiger partial charge in [-0.1, -0.05) is 12.2 Å². The average molecular weight is 252 g/mol. The minimum absolute atomic E-state index is 0.191. The molecule has 0 spiro atoms. The van der Waals surface area contributed by atoms with Gasteiger partial charge in [-0.25, -0.2) is 0 Å². The molecule has 17 heavy (non-hydrogen) atoms. The van der Waals surface area contributed by atoms with Crippen molar-refractivity contribution < 1.29 is 0 Å². The second kappa shape index (κ2) is 5.99. The Balaban J connectivity index is 2.72. The van der Waals surface area contributed by atoms with Crippen LogP contribution in [-0.2, 0) is 0 Å². The molecule has 1 heterocycles. The van der Waals surface area contributed by atoms with Crippen molar-refractivity contribution in [1.82, 2.24) is 9.80 Å². The first-order chi connectivity index (χ1) is 7.97. The molecule has 0 aromatic carbocycles. The Kier molecular flexibility index (Phi) is 4.91. The molecule has 0 amide bonds. The molecule has 1 rings (SSSR count). The molecule has 1 aliphatic rings. The van der Waals surface area contributed by atoms with E-state index in [1.54, 1.807) is 0 Å². The van der Waals surface area contributed by atoms with Gasteiger partial charge in [0.25, 0.3) is 0 Å². The standard InChI is InChI=1S/C12H20N4S/c1-9(2)15-4-6-16(7-5-15)10(3)11(8-13)12(14)17/h9H,4-7H2,1-3H3,(H2,14,17). The maximum Gasteiger partial charge on any atom is 0.116 e. The van der Waals surface area contributed by atoms with Crippen molar-refractivity contribution in [2.24, 2.45) is 5.73 Å². The van der Waals surface area contributed by atoms with Crippen LogP contribution in [0.1, 0.15) is 20.8 Å². The van der Waals surface area contributed by atoms with E-state index in [-0.39, 0.29) is 4.99 Å². The van der Waals surface area contributed by atoms with Gasteiger partial charge in [-0.3, -0.25) is 4.90 Å². The van der Waals surface area contributed by atoms with Gasteiger partial charge in [-0.2, -0.15) is 5.26 Å². The highest BCUT2D eigenvalue weighted by atomic mass is 32.1. The van der Waals surface area contributed by atoms with Gasteiger partial charge in [-0.05, 0) is 20.8 Å². The number of hydrogen-bond donors (Lipinski definition) is 1. The number of nitriles is 1. The summed E-state index contributed by atoms with van der Waals surface area (Å²) in [5.41, 5.74) is 6.89. The molecule has 0 unspecified atom stereocenters. The molecule has 5 heteroatoms. The van der Waals surface area contributed by atoms with E-state index in [0.717, 1.165) is 31.9 Å². The molecule has 0 aliphatic carbocycles. The van der Waals surface area contributed by atoms with E-state index in [2.05, 4.69) is 29.7 Å². The Bertz CT molecular complexity index is 359. The maximum atomic E-state index is 9.03. The third-order valence-electron chi connectivity index (χ3n) is 3.24. The van der Waals surface area contributed by atoms with Gasteiger partial charge in [-0.15, -0.1) is 0 Å². The van der Waals surface area contributed by atoms with Gasteiger partial charge in [0, 0.05) is 37.9 Å². The zero-order valence-corrected chi connectivity index (χ0v) is 11.5. The summed E-state index contributed by atoms with van der Waals surface area (Å²) in [6.45, 7) is 10.2. The van der Waals surface area contributed by atoms with Crippen LogP contribution < -0.4 is 5.73 Å². The van der Waals surface area contributed by atoms with E-state index in [4.69, 9.17) is 23.2 Å². The van der Waals surface area contributed by atoms with Crippen molar-refractivity contribution >= 4 is 17.2 Å². The molecule has 0 aromatic rings. The molecule has 0 atom stereocenters. The molecule has 94 valence electrons.